The smallest absolute Gasteiger partial charge is 0.232 e. The number of carbonyl (C=O) groups excluding carboxylic acids is 1. The predicted molar refractivity (Wildman–Crippen MR) is 88.2 cm³/mol. The first-order chi connectivity index (χ1) is 11.6. The molecule has 1 fully saturated rings. The minimum Gasteiger partial charge on any atom is -0.469 e. The lowest BCUT2D eigenvalue weighted by molar-refractivity contribution is -0.135. The fourth-order valence-electron chi connectivity index (χ4n) is 3.50. The molecule has 3 heterocycles. The second-order valence-electron chi connectivity index (χ2n) is 6.95. The summed E-state index contributed by atoms with van der Waals surface area (Å²) >= 11 is 0. The van der Waals surface area contributed by atoms with Crippen molar-refractivity contribution in [3.8, 4) is 11.5 Å². The van der Waals surface area contributed by atoms with E-state index in [1.54, 1.807) is 6.26 Å². The Hall–Kier alpha value is -2.43. The lowest BCUT2D eigenvalue weighted by Crippen LogP contribution is -2.42. The third-order valence-corrected chi connectivity index (χ3v) is 5.05. The van der Waals surface area contributed by atoms with Gasteiger partial charge in [0, 0.05) is 19.0 Å². The summed E-state index contributed by atoms with van der Waals surface area (Å²) < 4.78 is 16.3. The van der Waals surface area contributed by atoms with Gasteiger partial charge in [0.05, 0.1) is 11.7 Å². The summed E-state index contributed by atoms with van der Waals surface area (Å²) in [6, 6.07) is 9.63. The Balaban J connectivity index is 1.53. The summed E-state index contributed by atoms with van der Waals surface area (Å²) in [7, 11) is 0. The zero-order valence-corrected chi connectivity index (χ0v) is 14.0. The first-order valence-electron chi connectivity index (χ1n) is 8.28. The maximum absolute atomic E-state index is 13.1. The SMILES string of the molecule is CC(C)(C(=O)N1CCC(c2ccco2)C1)c1ccc2c(c1)OCO2. The van der Waals surface area contributed by atoms with Crippen molar-refractivity contribution < 1.29 is 18.7 Å². The van der Waals surface area contributed by atoms with Crippen LogP contribution in [0.4, 0.5) is 0 Å². The molecule has 1 saturated heterocycles. The molecule has 1 amide bonds. The van der Waals surface area contributed by atoms with Gasteiger partial charge < -0.3 is 18.8 Å². The summed E-state index contributed by atoms with van der Waals surface area (Å²) in [5.41, 5.74) is 0.331. The summed E-state index contributed by atoms with van der Waals surface area (Å²) in [5, 5.41) is 0. The van der Waals surface area contributed by atoms with E-state index < -0.39 is 5.41 Å². The molecule has 1 aromatic carbocycles. The highest BCUT2D eigenvalue weighted by molar-refractivity contribution is 5.88. The number of fused-ring (bicyclic) bond motifs is 1. The van der Waals surface area contributed by atoms with Crippen molar-refractivity contribution in [1.82, 2.24) is 4.90 Å². The van der Waals surface area contributed by atoms with Crippen LogP contribution < -0.4 is 9.47 Å². The Bertz CT molecular complexity index is 751. The van der Waals surface area contributed by atoms with Crippen LogP contribution in [0.3, 0.4) is 0 Å². The average Bonchev–Trinajstić information content (AvgIpc) is 3.32. The Labute approximate surface area is 141 Å². The van der Waals surface area contributed by atoms with Crippen LogP contribution in [0.2, 0.25) is 0 Å². The molecular weight excluding hydrogens is 306 g/mol. The lowest BCUT2D eigenvalue weighted by atomic mass is 9.83. The highest BCUT2D eigenvalue weighted by atomic mass is 16.7. The standard InChI is InChI=1S/C19H21NO4/c1-19(2,14-5-6-16-17(10-14)24-12-23-16)18(21)20-8-7-13(11-20)15-4-3-9-22-15/h3-6,9-10,13H,7-8,11-12H2,1-2H3. The number of ether oxygens (including phenoxy) is 2. The highest BCUT2D eigenvalue weighted by Gasteiger charge is 2.38. The van der Waals surface area contributed by atoms with Gasteiger partial charge in [0.25, 0.3) is 0 Å². The molecule has 2 aliphatic rings. The second kappa shape index (κ2) is 5.58. The van der Waals surface area contributed by atoms with E-state index in [0.29, 0.717) is 12.3 Å². The number of nitrogens with zero attached hydrogens (tertiary/aromatic N) is 1. The van der Waals surface area contributed by atoms with Crippen LogP contribution in [0.25, 0.3) is 0 Å². The van der Waals surface area contributed by atoms with Gasteiger partial charge in [-0.25, -0.2) is 0 Å². The summed E-state index contributed by atoms with van der Waals surface area (Å²) in [6.07, 6.45) is 2.63. The number of carbonyl (C=O) groups is 1. The van der Waals surface area contributed by atoms with E-state index in [1.807, 2.05) is 49.1 Å². The molecule has 24 heavy (non-hydrogen) atoms. The first kappa shape index (κ1) is 15.1. The molecule has 1 unspecified atom stereocenters. The third-order valence-electron chi connectivity index (χ3n) is 5.05. The Morgan fingerprint density at radius 2 is 2.04 bits per heavy atom. The van der Waals surface area contributed by atoms with Crippen LogP contribution in [-0.4, -0.2) is 30.7 Å². The van der Waals surface area contributed by atoms with E-state index >= 15 is 0 Å². The monoisotopic (exact) mass is 327 g/mol. The topological polar surface area (TPSA) is 51.9 Å². The molecular formula is C19H21NO4. The van der Waals surface area contributed by atoms with Crippen molar-refractivity contribution >= 4 is 5.91 Å². The Morgan fingerprint density at radius 3 is 2.83 bits per heavy atom. The van der Waals surface area contributed by atoms with Crippen LogP contribution in [0, 0.1) is 0 Å². The normalized spacial score (nSPS) is 19.8. The van der Waals surface area contributed by atoms with Crippen molar-refractivity contribution in [2.45, 2.75) is 31.6 Å². The number of rotatable bonds is 3. The van der Waals surface area contributed by atoms with Crippen LogP contribution >= 0.6 is 0 Å². The first-order valence-corrected chi connectivity index (χ1v) is 8.28. The molecule has 4 rings (SSSR count). The largest absolute Gasteiger partial charge is 0.469 e. The highest BCUT2D eigenvalue weighted by Crippen LogP contribution is 2.38. The van der Waals surface area contributed by atoms with E-state index in [4.69, 9.17) is 13.9 Å². The summed E-state index contributed by atoms with van der Waals surface area (Å²) in [6.45, 7) is 5.64. The maximum atomic E-state index is 13.1. The van der Waals surface area contributed by atoms with E-state index in [9.17, 15) is 4.79 Å². The zero-order chi connectivity index (χ0) is 16.7. The molecule has 2 aromatic rings. The van der Waals surface area contributed by atoms with Crippen LogP contribution in [0.1, 0.15) is 37.5 Å². The number of benzene rings is 1. The van der Waals surface area contributed by atoms with E-state index in [-0.39, 0.29) is 18.6 Å². The van der Waals surface area contributed by atoms with Gasteiger partial charge in [-0.05, 0) is 50.1 Å². The molecule has 0 saturated carbocycles. The fraction of sp³-hybridized carbons (Fsp3) is 0.421. The second-order valence-corrected chi connectivity index (χ2v) is 6.95. The van der Waals surface area contributed by atoms with Crippen molar-refractivity contribution in [3.63, 3.8) is 0 Å². The molecule has 0 N–H and O–H groups in total. The molecule has 5 heteroatoms. The van der Waals surface area contributed by atoms with Gasteiger partial charge in [-0.15, -0.1) is 0 Å². The minimum absolute atomic E-state index is 0.135. The Kier molecular flexibility index (Phi) is 3.52. The third kappa shape index (κ3) is 2.44. The lowest BCUT2D eigenvalue weighted by Gasteiger charge is -2.30. The van der Waals surface area contributed by atoms with Gasteiger partial charge in [-0.2, -0.15) is 0 Å². The zero-order valence-electron chi connectivity index (χ0n) is 14.0. The summed E-state index contributed by atoms with van der Waals surface area (Å²) in [5.74, 6) is 2.84. The van der Waals surface area contributed by atoms with Gasteiger partial charge in [-0.3, -0.25) is 4.79 Å². The molecule has 1 atom stereocenters. The molecule has 0 radical (unpaired) electrons. The van der Waals surface area contributed by atoms with Crippen LogP contribution in [0.15, 0.2) is 41.0 Å². The summed E-state index contributed by atoms with van der Waals surface area (Å²) in [4.78, 5) is 15.0. The van der Waals surface area contributed by atoms with Gasteiger partial charge in [0.15, 0.2) is 11.5 Å². The van der Waals surface area contributed by atoms with Gasteiger partial charge >= 0.3 is 0 Å². The minimum atomic E-state index is -0.612. The molecule has 2 aliphatic heterocycles. The number of likely N-dealkylation sites (tertiary alicyclic amines) is 1. The molecule has 0 bridgehead atoms. The molecule has 1 aromatic heterocycles. The predicted octanol–water partition coefficient (Wildman–Crippen LogP) is 3.30. The van der Waals surface area contributed by atoms with Crippen molar-refractivity contribution in [1.29, 1.82) is 0 Å². The van der Waals surface area contributed by atoms with Gasteiger partial charge in [-0.1, -0.05) is 6.07 Å². The maximum Gasteiger partial charge on any atom is 0.232 e. The number of amides is 1. The van der Waals surface area contributed by atoms with Crippen LogP contribution in [0.5, 0.6) is 11.5 Å². The number of hydrogen-bond acceptors (Lipinski definition) is 4. The van der Waals surface area contributed by atoms with E-state index in [1.165, 1.54) is 0 Å². The van der Waals surface area contributed by atoms with Gasteiger partial charge in [0.1, 0.15) is 5.76 Å². The van der Waals surface area contributed by atoms with Crippen molar-refractivity contribution in [2.75, 3.05) is 19.9 Å². The molecule has 126 valence electrons. The van der Waals surface area contributed by atoms with Gasteiger partial charge in [0.2, 0.25) is 12.7 Å². The van der Waals surface area contributed by atoms with Crippen molar-refractivity contribution in [2.24, 2.45) is 0 Å². The number of furan rings is 1. The Morgan fingerprint density at radius 1 is 1.21 bits per heavy atom. The molecule has 5 nitrogen and oxygen atoms in total. The van der Waals surface area contributed by atoms with Crippen molar-refractivity contribution in [3.05, 3.63) is 47.9 Å². The number of hydrogen-bond donors (Lipinski definition) is 0. The fourth-order valence-corrected chi connectivity index (χ4v) is 3.50. The quantitative estimate of drug-likeness (QED) is 0.868. The molecule has 0 aliphatic carbocycles. The van der Waals surface area contributed by atoms with E-state index in [2.05, 4.69) is 0 Å². The average molecular weight is 327 g/mol. The molecule has 0 spiro atoms. The van der Waals surface area contributed by atoms with Crippen LogP contribution in [-0.2, 0) is 10.2 Å². The van der Waals surface area contributed by atoms with E-state index in [0.717, 1.165) is 30.0 Å².